The van der Waals surface area contributed by atoms with Gasteiger partial charge in [0.15, 0.2) is 0 Å². The van der Waals surface area contributed by atoms with Crippen molar-refractivity contribution in [2.24, 2.45) is 5.73 Å². The first-order chi connectivity index (χ1) is 13.0. The van der Waals surface area contributed by atoms with Crippen molar-refractivity contribution >= 4 is 23.5 Å². The number of hydrogen-bond donors (Lipinski definition) is 3. The molecule has 4 N–H and O–H groups in total. The van der Waals surface area contributed by atoms with Crippen LogP contribution >= 0.6 is 11.6 Å². The number of carbonyl (C=O) groups is 1. The summed E-state index contributed by atoms with van der Waals surface area (Å²) in [5.74, 6) is 0.0738. The number of amides is 1. The van der Waals surface area contributed by atoms with E-state index in [1.807, 2.05) is 12.1 Å². The minimum absolute atomic E-state index is 0.166. The number of nitrogens with two attached hydrogens (primary N) is 1. The van der Waals surface area contributed by atoms with Gasteiger partial charge in [-0.1, -0.05) is 17.7 Å². The first-order valence-electron chi connectivity index (χ1n) is 8.25. The number of guanidine groups is 1. The zero-order valence-electron chi connectivity index (χ0n) is 14.9. The van der Waals surface area contributed by atoms with Gasteiger partial charge in [-0.2, -0.15) is 0 Å². The summed E-state index contributed by atoms with van der Waals surface area (Å²) in [5.41, 5.74) is 8.71. The first kappa shape index (κ1) is 20.5. The van der Waals surface area contributed by atoms with E-state index >= 15 is 0 Å². The number of rotatable bonds is 9. The fourth-order valence-electron chi connectivity index (χ4n) is 2.28. The third-order valence-corrected chi connectivity index (χ3v) is 3.67. The molecule has 9 heteroatoms. The molecule has 0 bridgehead atoms. The molecule has 27 heavy (non-hydrogen) atoms. The van der Waals surface area contributed by atoms with Crippen LogP contribution in [0.3, 0.4) is 0 Å². The molecular weight excluding hydrogens is 370 g/mol. The van der Waals surface area contributed by atoms with E-state index in [0.29, 0.717) is 42.5 Å². The molecule has 8 nitrogen and oxygen atoms in total. The highest BCUT2D eigenvalue weighted by Gasteiger charge is 2.14. The number of nitrogens with one attached hydrogen (secondary N) is 2. The van der Waals surface area contributed by atoms with Crippen LogP contribution in [0.15, 0.2) is 42.7 Å². The molecule has 0 unspecified atom stereocenters. The number of aromatic nitrogens is 1. The van der Waals surface area contributed by atoms with Gasteiger partial charge in [-0.3, -0.25) is 20.0 Å². The minimum atomic E-state index is -0.260. The van der Waals surface area contributed by atoms with E-state index < -0.39 is 0 Å². The maximum Gasteiger partial charge on any atom is 0.254 e. The molecule has 1 aromatic heterocycles. The van der Waals surface area contributed by atoms with Crippen molar-refractivity contribution < 1.29 is 14.4 Å². The first-order valence-corrected chi connectivity index (χ1v) is 8.63. The molecule has 0 saturated heterocycles. The molecule has 0 aliphatic carbocycles. The Hall–Kier alpha value is -2.84. The quantitative estimate of drug-likeness (QED) is 0.261. The number of halogens is 1. The second kappa shape index (κ2) is 10.3. The molecule has 0 radical (unpaired) electrons. The van der Waals surface area contributed by atoms with Gasteiger partial charge in [-0.15, -0.1) is 0 Å². The van der Waals surface area contributed by atoms with E-state index in [0.717, 1.165) is 5.56 Å². The summed E-state index contributed by atoms with van der Waals surface area (Å²) < 4.78 is 5.62. The number of nitrogens with zero attached hydrogens (tertiary/aromatic N) is 2. The topological polar surface area (TPSA) is 114 Å². The van der Waals surface area contributed by atoms with Crippen LogP contribution in [0.1, 0.15) is 22.3 Å². The number of hydrogen-bond acceptors (Lipinski definition) is 5. The Morgan fingerprint density at radius 3 is 2.89 bits per heavy atom. The Morgan fingerprint density at radius 2 is 2.19 bits per heavy atom. The monoisotopic (exact) mass is 391 g/mol. The van der Waals surface area contributed by atoms with Gasteiger partial charge in [0.25, 0.3) is 5.91 Å². The number of hydroxylamine groups is 1. The lowest BCUT2D eigenvalue weighted by Crippen LogP contribution is -2.30. The van der Waals surface area contributed by atoms with Gasteiger partial charge < -0.3 is 15.4 Å². The number of ether oxygens (including phenoxy) is 1. The highest BCUT2D eigenvalue weighted by molar-refractivity contribution is 6.31. The van der Waals surface area contributed by atoms with E-state index in [-0.39, 0.29) is 11.9 Å². The maximum atomic E-state index is 12.7. The fourth-order valence-corrected chi connectivity index (χ4v) is 2.50. The van der Waals surface area contributed by atoms with Crippen LogP contribution in [0, 0.1) is 5.41 Å². The lowest BCUT2D eigenvalue weighted by Gasteiger charge is -2.18. The maximum absolute atomic E-state index is 12.7. The van der Waals surface area contributed by atoms with E-state index in [1.165, 1.54) is 0 Å². The summed E-state index contributed by atoms with van der Waals surface area (Å²) in [4.78, 5) is 23.2. The van der Waals surface area contributed by atoms with Crippen molar-refractivity contribution in [3.63, 3.8) is 0 Å². The van der Waals surface area contributed by atoms with Gasteiger partial charge in [0.05, 0.1) is 13.2 Å². The Kier molecular flexibility index (Phi) is 7.84. The highest BCUT2D eigenvalue weighted by Crippen LogP contribution is 2.22. The second-order valence-electron chi connectivity index (χ2n) is 5.76. The van der Waals surface area contributed by atoms with Gasteiger partial charge >= 0.3 is 0 Å². The molecule has 1 amide bonds. The summed E-state index contributed by atoms with van der Waals surface area (Å²) in [6, 6.07) is 8.65. The molecule has 0 saturated carbocycles. The fraction of sp³-hybridized carbons (Fsp3) is 0.278. The van der Waals surface area contributed by atoms with Crippen molar-refractivity contribution in [3.05, 3.63) is 58.9 Å². The predicted molar refractivity (Wildman–Crippen MR) is 103 cm³/mol. The average molecular weight is 392 g/mol. The standard InChI is InChI=1S/C18H22ClN5O3/c1-24(12-13-4-2-5-22-11-13)17(25)14-8-15(19)10-16(9-14)26-6-3-7-27-23-18(20)21/h2,4-5,8-11H,3,6-7,12H2,1H3,(H4,20,21,23). The van der Waals surface area contributed by atoms with Crippen molar-refractivity contribution in [2.75, 3.05) is 20.3 Å². The zero-order valence-corrected chi connectivity index (χ0v) is 15.7. The Morgan fingerprint density at radius 1 is 1.37 bits per heavy atom. The zero-order chi connectivity index (χ0) is 19.6. The molecule has 0 atom stereocenters. The van der Waals surface area contributed by atoms with Gasteiger partial charge in [-0.25, -0.2) is 5.48 Å². The van der Waals surface area contributed by atoms with E-state index in [2.05, 4.69) is 10.5 Å². The normalized spacial score (nSPS) is 10.3. The predicted octanol–water partition coefficient (Wildman–Crippen LogP) is 2.19. The largest absolute Gasteiger partial charge is 0.493 e. The molecule has 1 heterocycles. The molecule has 0 spiro atoms. The molecule has 144 valence electrons. The molecule has 2 rings (SSSR count). The summed E-state index contributed by atoms with van der Waals surface area (Å²) >= 11 is 6.12. The summed E-state index contributed by atoms with van der Waals surface area (Å²) in [5, 5.41) is 7.38. The number of pyridine rings is 1. The lowest BCUT2D eigenvalue weighted by molar-refractivity contribution is 0.0731. The SMILES string of the molecule is CN(Cc1cccnc1)C(=O)c1cc(Cl)cc(OCCCONC(=N)N)c1. The molecule has 0 aliphatic rings. The van der Waals surface area contributed by atoms with Crippen LogP contribution in [-0.2, 0) is 11.4 Å². The Labute approximate surface area is 162 Å². The van der Waals surface area contributed by atoms with E-state index in [9.17, 15) is 4.79 Å². The number of carbonyl (C=O) groups excluding carboxylic acids is 1. The molecule has 0 fully saturated rings. The second-order valence-corrected chi connectivity index (χ2v) is 6.20. The Balaban J connectivity index is 1.91. The molecule has 0 aliphatic heterocycles. The third kappa shape index (κ3) is 7.12. The average Bonchev–Trinajstić information content (AvgIpc) is 2.64. The smallest absolute Gasteiger partial charge is 0.254 e. The van der Waals surface area contributed by atoms with Crippen LogP contribution in [0.2, 0.25) is 5.02 Å². The van der Waals surface area contributed by atoms with Crippen LogP contribution in [0.5, 0.6) is 5.75 Å². The molecular formula is C18H22ClN5O3. The minimum Gasteiger partial charge on any atom is -0.493 e. The van der Waals surface area contributed by atoms with Gasteiger partial charge in [0.1, 0.15) is 5.75 Å². The van der Waals surface area contributed by atoms with E-state index in [4.69, 9.17) is 32.3 Å². The van der Waals surface area contributed by atoms with Crippen molar-refractivity contribution in [1.29, 1.82) is 5.41 Å². The van der Waals surface area contributed by atoms with Gasteiger partial charge in [-0.05, 0) is 29.8 Å². The van der Waals surface area contributed by atoms with Crippen molar-refractivity contribution in [2.45, 2.75) is 13.0 Å². The van der Waals surface area contributed by atoms with Crippen molar-refractivity contribution in [3.8, 4) is 5.75 Å². The van der Waals surface area contributed by atoms with Crippen molar-refractivity contribution in [1.82, 2.24) is 15.4 Å². The Bertz CT molecular complexity index is 773. The lowest BCUT2D eigenvalue weighted by atomic mass is 10.1. The highest BCUT2D eigenvalue weighted by atomic mass is 35.5. The van der Waals surface area contributed by atoms with Gasteiger partial charge in [0, 0.05) is 43.0 Å². The van der Waals surface area contributed by atoms with Crippen LogP contribution in [-0.4, -0.2) is 42.0 Å². The summed E-state index contributed by atoms with van der Waals surface area (Å²) in [6.45, 7) is 1.12. The van der Waals surface area contributed by atoms with Crippen LogP contribution in [0.25, 0.3) is 0 Å². The van der Waals surface area contributed by atoms with Crippen LogP contribution < -0.4 is 16.0 Å². The van der Waals surface area contributed by atoms with E-state index in [1.54, 1.807) is 42.5 Å². The number of benzene rings is 1. The summed E-state index contributed by atoms with van der Waals surface area (Å²) in [7, 11) is 1.72. The molecule has 2 aromatic rings. The van der Waals surface area contributed by atoms with Gasteiger partial charge in [0.2, 0.25) is 5.96 Å². The third-order valence-electron chi connectivity index (χ3n) is 3.45. The van der Waals surface area contributed by atoms with Crippen LogP contribution in [0.4, 0.5) is 0 Å². The molecule has 1 aromatic carbocycles. The summed E-state index contributed by atoms with van der Waals surface area (Å²) in [6.07, 6.45) is 3.98.